The molecular weight excluding hydrogens is 226 g/mol. The second-order valence-electron chi connectivity index (χ2n) is 3.65. The first-order chi connectivity index (χ1) is 7.91. The summed E-state index contributed by atoms with van der Waals surface area (Å²) in [4.78, 5) is 35.2. The van der Waals surface area contributed by atoms with Crippen molar-refractivity contribution < 1.29 is 0 Å². The SMILES string of the molecule is Cn1c(=O)c2c(n(C)c1=O)n(C)c(=O)n2C#N. The van der Waals surface area contributed by atoms with Crippen molar-refractivity contribution in [1.29, 1.82) is 5.26 Å². The van der Waals surface area contributed by atoms with Crippen molar-refractivity contribution in [3.8, 4) is 6.19 Å². The molecule has 0 spiro atoms. The van der Waals surface area contributed by atoms with Gasteiger partial charge in [-0.2, -0.15) is 9.83 Å². The zero-order chi connectivity index (χ0) is 12.9. The molecule has 2 aromatic heterocycles. The normalized spacial score (nSPS) is 10.7. The van der Waals surface area contributed by atoms with E-state index in [1.165, 1.54) is 21.1 Å². The number of aromatic nitrogens is 4. The predicted molar refractivity (Wildman–Crippen MR) is 58.7 cm³/mol. The number of fused-ring (bicyclic) bond motifs is 1. The van der Waals surface area contributed by atoms with Crippen LogP contribution in [0.1, 0.15) is 0 Å². The molecule has 0 aromatic carbocycles. The van der Waals surface area contributed by atoms with Gasteiger partial charge < -0.3 is 0 Å². The van der Waals surface area contributed by atoms with Crippen molar-refractivity contribution in [1.82, 2.24) is 18.3 Å². The summed E-state index contributed by atoms with van der Waals surface area (Å²) in [5.74, 6) is 0. The Morgan fingerprint density at radius 3 is 2.00 bits per heavy atom. The van der Waals surface area contributed by atoms with E-state index in [1.54, 1.807) is 6.19 Å². The summed E-state index contributed by atoms with van der Waals surface area (Å²) in [6, 6.07) is 0. The minimum absolute atomic E-state index is 0.0930. The van der Waals surface area contributed by atoms with Crippen LogP contribution in [0.4, 0.5) is 0 Å². The molecule has 8 nitrogen and oxygen atoms in total. The van der Waals surface area contributed by atoms with Crippen molar-refractivity contribution in [2.45, 2.75) is 0 Å². The molecule has 0 bridgehead atoms. The first-order valence-electron chi connectivity index (χ1n) is 4.69. The maximum atomic E-state index is 11.9. The van der Waals surface area contributed by atoms with E-state index in [0.717, 1.165) is 13.7 Å². The number of rotatable bonds is 0. The zero-order valence-corrected chi connectivity index (χ0v) is 9.46. The molecule has 2 heterocycles. The smallest absolute Gasteiger partial charge is 0.280 e. The lowest BCUT2D eigenvalue weighted by Gasteiger charge is -2.04. The van der Waals surface area contributed by atoms with E-state index in [-0.39, 0.29) is 11.2 Å². The van der Waals surface area contributed by atoms with Gasteiger partial charge in [0.25, 0.3) is 5.56 Å². The largest absolute Gasteiger partial charge is 0.343 e. The molecule has 0 aliphatic rings. The summed E-state index contributed by atoms with van der Waals surface area (Å²) >= 11 is 0. The number of hydrogen-bond donors (Lipinski definition) is 0. The Bertz CT molecular complexity index is 839. The van der Waals surface area contributed by atoms with Crippen molar-refractivity contribution in [3.63, 3.8) is 0 Å². The van der Waals surface area contributed by atoms with E-state index in [2.05, 4.69) is 0 Å². The van der Waals surface area contributed by atoms with Crippen LogP contribution in [0.2, 0.25) is 0 Å². The minimum Gasteiger partial charge on any atom is -0.280 e. The van der Waals surface area contributed by atoms with Crippen LogP contribution in [0.15, 0.2) is 14.4 Å². The van der Waals surface area contributed by atoms with E-state index >= 15 is 0 Å². The van der Waals surface area contributed by atoms with Crippen LogP contribution in [0, 0.1) is 11.5 Å². The Hall–Kier alpha value is -2.56. The fourth-order valence-corrected chi connectivity index (χ4v) is 1.82. The second kappa shape index (κ2) is 3.21. The van der Waals surface area contributed by atoms with Gasteiger partial charge in [0.1, 0.15) is 0 Å². The summed E-state index contributed by atoms with van der Waals surface area (Å²) in [5.41, 5.74) is -1.83. The molecule has 0 saturated heterocycles. The van der Waals surface area contributed by atoms with Gasteiger partial charge in [-0.1, -0.05) is 0 Å². The Morgan fingerprint density at radius 2 is 1.47 bits per heavy atom. The third-order valence-corrected chi connectivity index (χ3v) is 2.73. The van der Waals surface area contributed by atoms with Gasteiger partial charge in [-0.3, -0.25) is 18.5 Å². The lowest BCUT2D eigenvalue weighted by molar-refractivity contribution is 0.696. The highest BCUT2D eigenvalue weighted by Gasteiger charge is 2.18. The van der Waals surface area contributed by atoms with Crippen molar-refractivity contribution in [3.05, 3.63) is 31.3 Å². The van der Waals surface area contributed by atoms with Gasteiger partial charge in [0, 0.05) is 21.1 Å². The fraction of sp³-hybridized carbons (Fsp3) is 0.333. The first-order valence-corrected chi connectivity index (χ1v) is 4.69. The topological polar surface area (TPSA) is 94.7 Å². The number of aryl methyl sites for hydroxylation is 2. The summed E-state index contributed by atoms with van der Waals surface area (Å²) in [6.07, 6.45) is 1.63. The van der Waals surface area contributed by atoms with Crippen LogP contribution < -0.4 is 16.9 Å². The van der Waals surface area contributed by atoms with E-state index in [0.29, 0.717) is 4.57 Å². The predicted octanol–water partition coefficient (Wildman–Crippen LogP) is -1.93. The van der Waals surface area contributed by atoms with Gasteiger partial charge in [-0.05, 0) is 0 Å². The molecule has 2 aromatic rings. The molecule has 0 unspecified atom stereocenters. The second-order valence-corrected chi connectivity index (χ2v) is 3.65. The van der Waals surface area contributed by atoms with Gasteiger partial charge in [0.05, 0.1) is 0 Å². The van der Waals surface area contributed by atoms with Gasteiger partial charge in [-0.25, -0.2) is 9.59 Å². The average Bonchev–Trinajstić information content (AvgIpc) is 2.57. The van der Waals surface area contributed by atoms with Crippen molar-refractivity contribution >= 4 is 11.2 Å². The molecule has 2 rings (SSSR count). The molecule has 0 aliphatic heterocycles. The molecule has 0 aliphatic carbocycles. The Kier molecular flexibility index (Phi) is 2.07. The summed E-state index contributed by atoms with van der Waals surface area (Å²) in [5, 5.41) is 8.87. The minimum atomic E-state index is -0.664. The lowest BCUT2D eigenvalue weighted by Crippen LogP contribution is -2.37. The number of nitrogens with zero attached hydrogens (tertiary/aromatic N) is 5. The van der Waals surface area contributed by atoms with E-state index in [4.69, 9.17) is 5.26 Å². The molecule has 0 amide bonds. The van der Waals surface area contributed by atoms with Gasteiger partial charge >= 0.3 is 11.4 Å². The first kappa shape index (κ1) is 10.9. The lowest BCUT2D eigenvalue weighted by atomic mass is 10.5. The highest BCUT2D eigenvalue weighted by Crippen LogP contribution is 2.02. The van der Waals surface area contributed by atoms with E-state index in [1.807, 2.05) is 0 Å². The molecule has 0 saturated carbocycles. The van der Waals surface area contributed by atoms with Crippen LogP contribution in [0.25, 0.3) is 11.2 Å². The highest BCUT2D eigenvalue weighted by atomic mass is 16.2. The molecule has 0 radical (unpaired) electrons. The van der Waals surface area contributed by atoms with Crippen LogP contribution in [-0.2, 0) is 21.1 Å². The third-order valence-electron chi connectivity index (χ3n) is 2.73. The Balaban J connectivity index is 3.38. The van der Waals surface area contributed by atoms with Crippen molar-refractivity contribution in [2.24, 2.45) is 21.1 Å². The van der Waals surface area contributed by atoms with Gasteiger partial charge in [0.15, 0.2) is 17.4 Å². The number of imidazole rings is 1. The summed E-state index contributed by atoms with van der Waals surface area (Å²) in [6.45, 7) is 0. The van der Waals surface area contributed by atoms with E-state index < -0.39 is 16.9 Å². The van der Waals surface area contributed by atoms with E-state index in [9.17, 15) is 14.4 Å². The van der Waals surface area contributed by atoms with Crippen LogP contribution >= 0.6 is 0 Å². The molecule has 17 heavy (non-hydrogen) atoms. The molecule has 0 N–H and O–H groups in total. The van der Waals surface area contributed by atoms with Crippen molar-refractivity contribution in [2.75, 3.05) is 0 Å². The van der Waals surface area contributed by atoms with Crippen LogP contribution in [0.3, 0.4) is 0 Å². The van der Waals surface area contributed by atoms with Gasteiger partial charge in [0.2, 0.25) is 0 Å². The summed E-state index contributed by atoms with van der Waals surface area (Å²) in [7, 11) is 4.13. The summed E-state index contributed by atoms with van der Waals surface area (Å²) < 4.78 is 3.79. The molecule has 88 valence electrons. The molecular formula is C9H9N5O3. The fourth-order valence-electron chi connectivity index (χ4n) is 1.82. The maximum absolute atomic E-state index is 11.9. The Labute approximate surface area is 94.2 Å². The average molecular weight is 235 g/mol. The van der Waals surface area contributed by atoms with Crippen LogP contribution in [-0.4, -0.2) is 18.3 Å². The van der Waals surface area contributed by atoms with Gasteiger partial charge in [-0.15, -0.1) is 0 Å². The number of hydrogen-bond acceptors (Lipinski definition) is 4. The standard InChI is InChI=1S/C9H9N5O3/c1-11-6-5(7(15)13(3)8(11)16)14(4-10)9(17)12(6)2/h1-3H3. The quantitative estimate of drug-likeness (QED) is 0.531. The Morgan fingerprint density at radius 1 is 0.941 bits per heavy atom. The number of nitriles is 1. The molecule has 0 atom stereocenters. The highest BCUT2D eigenvalue weighted by molar-refractivity contribution is 5.71. The molecule has 8 heteroatoms. The van der Waals surface area contributed by atoms with Crippen LogP contribution in [0.5, 0.6) is 0 Å². The third kappa shape index (κ3) is 1.13. The maximum Gasteiger partial charge on any atom is 0.343 e. The zero-order valence-electron chi connectivity index (χ0n) is 9.46. The molecule has 0 fully saturated rings. The monoisotopic (exact) mass is 235 g/mol.